The monoisotopic (exact) mass is 242 g/mol. The predicted octanol–water partition coefficient (Wildman–Crippen LogP) is 0.585. The van der Waals surface area contributed by atoms with Crippen LogP contribution < -0.4 is 5.46 Å². The average Bonchev–Trinajstić information content (AvgIpc) is 2.16. The number of hydrogen-bond acceptors (Lipinski definition) is 4. The van der Waals surface area contributed by atoms with E-state index < -0.39 is 13.1 Å². The van der Waals surface area contributed by atoms with Gasteiger partial charge in [-0.1, -0.05) is 11.6 Å². The predicted molar refractivity (Wildman–Crippen MR) is 61.8 cm³/mol. The first-order valence-corrected chi connectivity index (χ1v) is 5.16. The molecule has 6 heteroatoms. The van der Waals surface area contributed by atoms with Crippen LogP contribution in [0, 0.1) is 0 Å². The summed E-state index contributed by atoms with van der Waals surface area (Å²) in [6, 6.07) is 4.20. The molecule has 1 rings (SSSR count). The van der Waals surface area contributed by atoms with Crippen LogP contribution in [0.1, 0.15) is 24.2 Å². The molecule has 0 amide bonds. The Labute approximate surface area is 99.0 Å². The van der Waals surface area contributed by atoms with Gasteiger partial charge in [0.05, 0.1) is 11.7 Å². The van der Waals surface area contributed by atoms with Gasteiger partial charge >= 0.3 is 13.1 Å². The average molecular weight is 242 g/mol. The van der Waals surface area contributed by atoms with Gasteiger partial charge in [0.15, 0.2) is 0 Å². The molecule has 4 nitrogen and oxygen atoms in total. The highest BCUT2D eigenvalue weighted by Gasteiger charge is 2.18. The number of carbonyl (C=O) groups is 1. The lowest BCUT2D eigenvalue weighted by Gasteiger charge is -2.09. The van der Waals surface area contributed by atoms with E-state index in [-0.39, 0.29) is 22.2 Å². The van der Waals surface area contributed by atoms with E-state index in [0.29, 0.717) is 0 Å². The normalized spacial score (nSPS) is 10.4. The van der Waals surface area contributed by atoms with Crippen molar-refractivity contribution in [3.8, 4) is 0 Å². The first-order chi connectivity index (χ1) is 7.41. The number of carbonyl (C=O) groups excluding carboxylic acids is 1. The smallest absolute Gasteiger partial charge is 0.459 e. The maximum Gasteiger partial charge on any atom is 0.489 e. The van der Waals surface area contributed by atoms with E-state index >= 15 is 0 Å². The van der Waals surface area contributed by atoms with Gasteiger partial charge in [-0.3, -0.25) is 0 Å². The molecule has 0 aliphatic heterocycles. The Morgan fingerprint density at radius 3 is 2.56 bits per heavy atom. The fourth-order valence-electron chi connectivity index (χ4n) is 1.15. The Kier molecular flexibility index (Phi) is 4.35. The molecule has 86 valence electrons. The second-order valence-corrected chi connectivity index (χ2v) is 3.97. The van der Waals surface area contributed by atoms with Crippen LogP contribution in [-0.4, -0.2) is 29.2 Å². The Hall–Kier alpha value is -1.04. The molecule has 16 heavy (non-hydrogen) atoms. The molecule has 0 unspecified atom stereocenters. The van der Waals surface area contributed by atoms with Crippen LogP contribution in [0.2, 0.25) is 5.02 Å². The van der Waals surface area contributed by atoms with Gasteiger partial charge in [0, 0.05) is 10.5 Å². The molecule has 0 aromatic heterocycles. The minimum atomic E-state index is -1.71. The molecule has 0 radical (unpaired) electrons. The summed E-state index contributed by atoms with van der Waals surface area (Å²) < 4.78 is 4.97. The maximum atomic E-state index is 11.5. The second-order valence-electron chi connectivity index (χ2n) is 3.56. The maximum absolute atomic E-state index is 11.5. The van der Waals surface area contributed by atoms with Gasteiger partial charge in [0.1, 0.15) is 0 Å². The summed E-state index contributed by atoms with van der Waals surface area (Å²) in [6.45, 7) is 3.46. The molecule has 1 aromatic rings. The van der Waals surface area contributed by atoms with Crippen molar-refractivity contribution in [1.82, 2.24) is 0 Å². The fraction of sp³-hybridized carbons (Fsp3) is 0.300. The zero-order valence-corrected chi connectivity index (χ0v) is 9.73. The quantitative estimate of drug-likeness (QED) is 0.601. The molecule has 2 N–H and O–H groups in total. The summed E-state index contributed by atoms with van der Waals surface area (Å²) in [4.78, 5) is 11.5. The van der Waals surface area contributed by atoms with Gasteiger partial charge in [-0.25, -0.2) is 4.79 Å². The van der Waals surface area contributed by atoms with Crippen molar-refractivity contribution in [2.75, 3.05) is 0 Å². The highest BCUT2D eigenvalue weighted by atomic mass is 35.5. The zero-order valence-electron chi connectivity index (χ0n) is 8.98. The van der Waals surface area contributed by atoms with Gasteiger partial charge in [0.2, 0.25) is 0 Å². The third-order valence-electron chi connectivity index (χ3n) is 1.85. The summed E-state index contributed by atoms with van der Waals surface area (Å²) in [5.74, 6) is -0.520. The zero-order chi connectivity index (χ0) is 12.3. The van der Waals surface area contributed by atoms with E-state index in [1.54, 1.807) is 13.8 Å². The minimum Gasteiger partial charge on any atom is -0.459 e. The lowest BCUT2D eigenvalue weighted by atomic mass is 9.79. The van der Waals surface area contributed by atoms with Gasteiger partial charge in [-0.05, 0) is 32.0 Å². The van der Waals surface area contributed by atoms with Gasteiger partial charge in [-0.2, -0.15) is 0 Å². The highest BCUT2D eigenvalue weighted by molar-refractivity contribution is 6.62. The molecule has 0 aliphatic rings. The van der Waals surface area contributed by atoms with Crippen LogP contribution in [0.25, 0.3) is 0 Å². The summed E-state index contributed by atoms with van der Waals surface area (Å²) in [5.41, 5.74) is 0.320. The number of rotatable bonds is 3. The van der Waals surface area contributed by atoms with Crippen molar-refractivity contribution in [2.45, 2.75) is 20.0 Å². The Bertz CT molecular complexity index is 392. The molecular weight excluding hydrogens is 230 g/mol. The van der Waals surface area contributed by atoms with Crippen molar-refractivity contribution < 1.29 is 19.6 Å². The molecule has 0 fully saturated rings. The lowest BCUT2D eigenvalue weighted by Crippen LogP contribution is -2.31. The van der Waals surface area contributed by atoms with Crippen LogP contribution in [0.4, 0.5) is 0 Å². The molecule has 0 spiro atoms. The molecule has 1 aromatic carbocycles. The summed E-state index contributed by atoms with van der Waals surface area (Å²) in [7, 11) is -1.71. The van der Waals surface area contributed by atoms with Crippen molar-refractivity contribution in [3.05, 3.63) is 28.8 Å². The lowest BCUT2D eigenvalue weighted by molar-refractivity contribution is 0.0378. The minimum absolute atomic E-state index is 0.0832. The number of hydrogen-bond donors (Lipinski definition) is 2. The summed E-state index contributed by atoms with van der Waals surface area (Å²) >= 11 is 5.73. The second kappa shape index (κ2) is 5.34. The van der Waals surface area contributed by atoms with Crippen molar-refractivity contribution >= 4 is 30.2 Å². The van der Waals surface area contributed by atoms with Crippen molar-refractivity contribution in [1.29, 1.82) is 0 Å². The largest absolute Gasteiger partial charge is 0.489 e. The molecule has 0 saturated heterocycles. The van der Waals surface area contributed by atoms with E-state index in [4.69, 9.17) is 26.4 Å². The number of ether oxygens (including phenoxy) is 1. The van der Waals surface area contributed by atoms with Crippen LogP contribution >= 0.6 is 11.6 Å². The SMILES string of the molecule is CC(C)OC(=O)c1ccc(Cl)c(B(O)O)c1. The third-order valence-corrected chi connectivity index (χ3v) is 2.20. The number of benzene rings is 1. The van der Waals surface area contributed by atoms with E-state index in [9.17, 15) is 4.79 Å². The molecule has 0 heterocycles. The van der Waals surface area contributed by atoms with Crippen molar-refractivity contribution in [2.24, 2.45) is 0 Å². The molecule has 0 atom stereocenters. The molecule has 0 aliphatic carbocycles. The number of esters is 1. The van der Waals surface area contributed by atoms with E-state index in [1.165, 1.54) is 18.2 Å². The summed E-state index contributed by atoms with van der Waals surface area (Å²) in [6.07, 6.45) is -0.231. The van der Waals surface area contributed by atoms with Gasteiger partial charge in [0.25, 0.3) is 0 Å². The van der Waals surface area contributed by atoms with E-state index in [2.05, 4.69) is 0 Å². The van der Waals surface area contributed by atoms with Crippen LogP contribution in [0.15, 0.2) is 18.2 Å². The first-order valence-electron chi connectivity index (χ1n) is 4.78. The standard InChI is InChI=1S/C10H12BClO4/c1-6(2)16-10(13)7-3-4-9(12)8(5-7)11(14)15/h3-6,14-15H,1-2H3. The number of halogens is 1. The van der Waals surface area contributed by atoms with E-state index in [0.717, 1.165) is 0 Å². The molecule has 0 saturated carbocycles. The Morgan fingerprint density at radius 2 is 2.06 bits per heavy atom. The highest BCUT2D eigenvalue weighted by Crippen LogP contribution is 2.10. The van der Waals surface area contributed by atoms with E-state index in [1.807, 2.05) is 0 Å². The fourth-order valence-corrected chi connectivity index (χ4v) is 1.37. The topological polar surface area (TPSA) is 66.8 Å². The Balaban J connectivity index is 2.98. The van der Waals surface area contributed by atoms with Gasteiger partial charge < -0.3 is 14.8 Å². The van der Waals surface area contributed by atoms with Crippen LogP contribution in [0.3, 0.4) is 0 Å². The van der Waals surface area contributed by atoms with Crippen LogP contribution in [-0.2, 0) is 4.74 Å². The third kappa shape index (κ3) is 3.23. The molecular formula is C10H12BClO4. The van der Waals surface area contributed by atoms with Crippen LogP contribution in [0.5, 0.6) is 0 Å². The molecule has 0 bridgehead atoms. The first kappa shape index (κ1) is 13.0. The Morgan fingerprint density at radius 1 is 1.44 bits per heavy atom. The van der Waals surface area contributed by atoms with Gasteiger partial charge in [-0.15, -0.1) is 0 Å². The summed E-state index contributed by atoms with van der Waals surface area (Å²) in [5, 5.41) is 18.2. The van der Waals surface area contributed by atoms with Crippen molar-refractivity contribution in [3.63, 3.8) is 0 Å².